The lowest BCUT2D eigenvalue weighted by Gasteiger charge is -2.37. The number of halogens is 1. The first-order valence-electron chi connectivity index (χ1n) is 10.1. The van der Waals surface area contributed by atoms with Gasteiger partial charge in [0.15, 0.2) is 0 Å². The highest BCUT2D eigenvalue weighted by atomic mass is 35.5. The maximum absolute atomic E-state index is 12.8. The second kappa shape index (κ2) is 11.0. The molecule has 0 unspecified atom stereocenters. The molecule has 1 heterocycles. The van der Waals surface area contributed by atoms with E-state index < -0.39 is 6.03 Å². The fraction of sp³-hybridized carbons (Fsp3) is 0.391. The van der Waals surface area contributed by atoms with Gasteiger partial charge in [-0.1, -0.05) is 30.3 Å². The van der Waals surface area contributed by atoms with Crippen LogP contribution in [0.25, 0.3) is 0 Å². The maximum Gasteiger partial charge on any atom is 0.318 e. The quantitative estimate of drug-likeness (QED) is 0.763. The van der Waals surface area contributed by atoms with E-state index in [0.29, 0.717) is 17.3 Å². The Bertz CT molecular complexity index is 821. The van der Waals surface area contributed by atoms with E-state index in [1.54, 1.807) is 31.3 Å². The molecular formula is C23H31ClN4O2. The number of likely N-dealkylation sites (tertiary alicyclic amines) is 1. The number of rotatable bonds is 6. The van der Waals surface area contributed by atoms with Crippen molar-refractivity contribution in [1.29, 1.82) is 0 Å². The maximum atomic E-state index is 12.8. The molecule has 2 aromatic rings. The number of primary amides is 1. The lowest BCUT2D eigenvalue weighted by atomic mass is 10.0. The van der Waals surface area contributed by atoms with Crippen molar-refractivity contribution in [3.63, 3.8) is 0 Å². The number of benzene rings is 2. The fourth-order valence-electron chi connectivity index (χ4n) is 3.78. The first-order chi connectivity index (χ1) is 14.0. The van der Waals surface area contributed by atoms with Gasteiger partial charge < -0.3 is 15.5 Å². The summed E-state index contributed by atoms with van der Waals surface area (Å²) in [6.45, 7) is 2.56. The Balaban J connectivity index is 0.00000320. The van der Waals surface area contributed by atoms with Crippen LogP contribution in [0.1, 0.15) is 28.8 Å². The van der Waals surface area contributed by atoms with Crippen LogP contribution in [-0.4, -0.2) is 61.5 Å². The lowest BCUT2D eigenvalue weighted by Crippen LogP contribution is -2.46. The zero-order valence-corrected chi connectivity index (χ0v) is 18.5. The van der Waals surface area contributed by atoms with E-state index in [1.165, 1.54) is 10.5 Å². The van der Waals surface area contributed by atoms with Crippen molar-refractivity contribution in [3.8, 4) is 0 Å². The predicted molar refractivity (Wildman–Crippen MR) is 123 cm³/mol. The van der Waals surface area contributed by atoms with Gasteiger partial charge in [-0.3, -0.25) is 9.69 Å². The summed E-state index contributed by atoms with van der Waals surface area (Å²) in [6, 6.07) is 17.5. The molecule has 0 saturated carbocycles. The van der Waals surface area contributed by atoms with Gasteiger partial charge in [0, 0.05) is 44.0 Å². The van der Waals surface area contributed by atoms with Crippen LogP contribution >= 0.6 is 12.4 Å². The third kappa shape index (κ3) is 5.97. The number of anilines is 1. The molecule has 0 atom stereocenters. The first kappa shape index (κ1) is 23.7. The standard InChI is InChI=1S/C23H30N4O2.ClH/c1-25(15-12-18-6-4-3-5-7-18)20-13-16-27(17-14-20)22(28)19-8-10-21(11-9-19)26(2)23(24)29;/h3-11,20H,12-17H2,1-2H3,(H2,24,29);1H. The highest BCUT2D eigenvalue weighted by Gasteiger charge is 2.25. The smallest absolute Gasteiger partial charge is 0.318 e. The van der Waals surface area contributed by atoms with Crippen LogP contribution in [0.2, 0.25) is 0 Å². The highest BCUT2D eigenvalue weighted by Crippen LogP contribution is 2.20. The normalized spacial score (nSPS) is 14.3. The summed E-state index contributed by atoms with van der Waals surface area (Å²) in [7, 11) is 3.79. The van der Waals surface area contributed by atoms with E-state index in [-0.39, 0.29) is 18.3 Å². The van der Waals surface area contributed by atoms with Gasteiger partial charge in [0.1, 0.15) is 0 Å². The van der Waals surface area contributed by atoms with Gasteiger partial charge in [0.05, 0.1) is 0 Å². The molecule has 1 saturated heterocycles. The molecule has 7 heteroatoms. The minimum absolute atomic E-state index is 0. The molecule has 3 amide bonds. The summed E-state index contributed by atoms with van der Waals surface area (Å²) in [6.07, 6.45) is 3.02. The van der Waals surface area contributed by atoms with Gasteiger partial charge in [-0.15, -0.1) is 12.4 Å². The number of likely N-dealkylation sites (N-methyl/N-ethyl adjacent to an activating group) is 1. The zero-order chi connectivity index (χ0) is 20.8. The van der Waals surface area contributed by atoms with Gasteiger partial charge in [-0.25, -0.2) is 4.79 Å². The molecule has 30 heavy (non-hydrogen) atoms. The molecule has 162 valence electrons. The average molecular weight is 431 g/mol. The van der Waals surface area contributed by atoms with Crippen molar-refractivity contribution in [2.75, 3.05) is 38.6 Å². The SMILES string of the molecule is CN(C(N)=O)c1ccc(C(=O)N2CCC(N(C)CCc3ccccc3)CC2)cc1.Cl. The molecule has 2 aromatic carbocycles. The Morgan fingerprint density at radius 1 is 1.00 bits per heavy atom. The number of carbonyl (C=O) groups is 2. The van der Waals surface area contributed by atoms with Crippen LogP contribution in [0.5, 0.6) is 0 Å². The van der Waals surface area contributed by atoms with E-state index in [1.807, 2.05) is 11.0 Å². The van der Waals surface area contributed by atoms with Crippen molar-refractivity contribution in [2.45, 2.75) is 25.3 Å². The highest BCUT2D eigenvalue weighted by molar-refractivity contribution is 5.95. The van der Waals surface area contributed by atoms with Crippen LogP contribution < -0.4 is 10.6 Å². The van der Waals surface area contributed by atoms with Crippen molar-refractivity contribution in [1.82, 2.24) is 9.80 Å². The monoisotopic (exact) mass is 430 g/mol. The largest absolute Gasteiger partial charge is 0.351 e. The van der Waals surface area contributed by atoms with Gasteiger partial charge >= 0.3 is 6.03 Å². The number of hydrogen-bond donors (Lipinski definition) is 1. The Kier molecular flexibility index (Phi) is 8.69. The molecule has 0 aliphatic carbocycles. The average Bonchev–Trinajstić information content (AvgIpc) is 2.77. The third-order valence-electron chi connectivity index (χ3n) is 5.80. The van der Waals surface area contributed by atoms with Crippen molar-refractivity contribution in [2.24, 2.45) is 5.73 Å². The Labute approximate surface area is 185 Å². The summed E-state index contributed by atoms with van der Waals surface area (Å²) >= 11 is 0. The summed E-state index contributed by atoms with van der Waals surface area (Å²) in [5, 5.41) is 0. The molecule has 0 aromatic heterocycles. The number of carbonyl (C=O) groups excluding carboxylic acids is 2. The van der Waals surface area contributed by atoms with Crippen LogP contribution in [0.15, 0.2) is 54.6 Å². The van der Waals surface area contributed by atoms with E-state index in [4.69, 9.17) is 5.73 Å². The Hall–Kier alpha value is -2.57. The molecule has 1 fully saturated rings. The van der Waals surface area contributed by atoms with Gasteiger partial charge in [0.2, 0.25) is 0 Å². The van der Waals surface area contributed by atoms with Gasteiger partial charge in [-0.2, -0.15) is 0 Å². The van der Waals surface area contributed by atoms with Crippen molar-refractivity contribution in [3.05, 3.63) is 65.7 Å². The number of amides is 3. The molecule has 0 spiro atoms. The van der Waals surface area contributed by atoms with Crippen LogP contribution in [0.3, 0.4) is 0 Å². The lowest BCUT2D eigenvalue weighted by molar-refractivity contribution is 0.0647. The van der Waals surface area contributed by atoms with E-state index in [2.05, 4.69) is 36.2 Å². The van der Waals surface area contributed by atoms with Gasteiger partial charge in [-0.05, 0) is 56.1 Å². The second-order valence-corrected chi connectivity index (χ2v) is 7.68. The van der Waals surface area contributed by atoms with E-state index in [9.17, 15) is 9.59 Å². The van der Waals surface area contributed by atoms with Crippen LogP contribution in [0, 0.1) is 0 Å². The third-order valence-corrected chi connectivity index (χ3v) is 5.80. The molecule has 3 rings (SSSR count). The number of urea groups is 1. The molecule has 6 nitrogen and oxygen atoms in total. The topological polar surface area (TPSA) is 69.9 Å². The number of hydrogen-bond acceptors (Lipinski definition) is 3. The molecule has 2 N–H and O–H groups in total. The molecule has 0 bridgehead atoms. The second-order valence-electron chi connectivity index (χ2n) is 7.68. The molecule has 1 aliphatic heterocycles. The fourth-order valence-corrected chi connectivity index (χ4v) is 3.78. The summed E-state index contributed by atoms with van der Waals surface area (Å²) < 4.78 is 0. The number of nitrogens with zero attached hydrogens (tertiary/aromatic N) is 3. The molecule has 1 aliphatic rings. The number of nitrogens with two attached hydrogens (primary N) is 1. The Morgan fingerprint density at radius 2 is 1.60 bits per heavy atom. The predicted octanol–water partition coefficient (Wildman–Crippen LogP) is 3.40. The summed E-state index contributed by atoms with van der Waals surface area (Å²) in [5.74, 6) is 0.0451. The summed E-state index contributed by atoms with van der Waals surface area (Å²) in [5.41, 5.74) is 7.96. The Morgan fingerprint density at radius 3 is 2.17 bits per heavy atom. The number of piperidine rings is 1. The molecular weight excluding hydrogens is 400 g/mol. The molecule has 0 radical (unpaired) electrons. The zero-order valence-electron chi connectivity index (χ0n) is 17.7. The van der Waals surface area contributed by atoms with Gasteiger partial charge in [0.25, 0.3) is 5.91 Å². The first-order valence-corrected chi connectivity index (χ1v) is 10.1. The van der Waals surface area contributed by atoms with Crippen molar-refractivity contribution >= 4 is 30.0 Å². The minimum Gasteiger partial charge on any atom is -0.351 e. The van der Waals surface area contributed by atoms with Crippen LogP contribution in [-0.2, 0) is 6.42 Å². The van der Waals surface area contributed by atoms with Crippen molar-refractivity contribution < 1.29 is 9.59 Å². The van der Waals surface area contributed by atoms with E-state index in [0.717, 1.165) is 38.9 Å². The van der Waals surface area contributed by atoms with E-state index >= 15 is 0 Å². The van der Waals surface area contributed by atoms with Crippen LogP contribution in [0.4, 0.5) is 10.5 Å². The summed E-state index contributed by atoms with van der Waals surface area (Å²) in [4.78, 5) is 29.8. The minimum atomic E-state index is -0.525.